The number of ether oxygens (including phenoxy) is 2. The van der Waals surface area contributed by atoms with Crippen LogP contribution in [-0.4, -0.2) is 35.2 Å². The number of nitrogens with two attached hydrogens (primary N) is 1. The van der Waals surface area contributed by atoms with Gasteiger partial charge in [-0.2, -0.15) is 5.26 Å². The minimum atomic E-state index is -3.84. The SMILES string of the molecule is COCOc1ccc2c(c1)c(C#N)c(S(C)(C)(N)=O)n2-c1ccc(F)cc1. The smallest absolute Gasteiger partial charge is 0.188 e. The Kier molecular flexibility index (Phi) is 4.56. The lowest BCUT2D eigenvalue weighted by Gasteiger charge is -2.30. The van der Waals surface area contributed by atoms with Crippen LogP contribution in [0.1, 0.15) is 5.56 Å². The molecule has 0 fully saturated rings. The van der Waals surface area contributed by atoms with Crippen LogP contribution in [0.5, 0.6) is 5.75 Å². The van der Waals surface area contributed by atoms with Gasteiger partial charge in [-0.05, 0) is 51.7 Å². The first-order chi connectivity index (χ1) is 12.6. The van der Waals surface area contributed by atoms with E-state index in [4.69, 9.17) is 14.6 Å². The zero-order valence-electron chi connectivity index (χ0n) is 15.2. The lowest BCUT2D eigenvalue weighted by molar-refractivity contribution is 0.0512. The Morgan fingerprint density at radius 2 is 1.89 bits per heavy atom. The summed E-state index contributed by atoms with van der Waals surface area (Å²) in [6.45, 7) is 0.0526. The van der Waals surface area contributed by atoms with E-state index >= 15 is 0 Å². The molecule has 0 saturated carbocycles. The number of hydrogen-bond acceptors (Lipinski definition) is 4. The molecule has 0 aliphatic heterocycles. The zero-order valence-corrected chi connectivity index (χ0v) is 16.0. The van der Waals surface area contributed by atoms with E-state index in [1.54, 1.807) is 34.9 Å². The van der Waals surface area contributed by atoms with E-state index in [1.165, 1.54) is 31.8 Å². The molecule has 3 rings (SSSR count). The fourth-order valence-corrected chi connectivity index (χ4v) is 4.51. The molecule has 0 spiro atoms. The van der Waals surface area contributed by atoms with E-state index in [1.807, 2.05) is 0 Å². The summed E-state index contributed by atoms with van der Waals surface area (Å²) < 4.78 is 38.7. The third-order valence-corrected chi connectivity index (χ3v) is 5.55. The van der Waals surface area contributed by atoms with Crippen LogP contribution in [0.2, 0.25) is 0 Å². The highest BCUT2D eigenvalue weighted by molar-refractivity contribution is 8.16. The Labute approximate surface area is 156 Å². The van der Waals surface area contributed by atoms with Crippen LogP contribution in [-0.2, 0) is 14.0 Å². The summed E-state index contributed by atoms with van der Waals surface area (Å²) in [5, 5.41) is 16.7. The van der Waals surface area contributed by atoms with Gasteiger partial charge >= 0.3 is 0 Å². The van der Waals surface area contributed by atoms with E-state index in [9.17, 15) is 13.9 Å². The molecule has 1 aromatic heterocycles. The summed E-state index contributed by atoms with van der Waals surface area (Å²) >= 11 is 0. The highest BCUT2D eigenvalue weighted by atomic mass is 32.3. The summed E-state index contributed by atoms with van der Waals surface area (Å²) in [6.07, 6.45) is 2.82. The largest absolute Gasteiger partial charge is 0.468 e. The maximum Gasteiger partial charge on any atom is 0.188 e. The zero-order chi connectivity index (χ0) is 19.8. The van der Waals surface area contributed by atoms with Crippen LogP contribution in [0.4, 0.5) is 4.39 Å². The fourth-order valence-electron chi connectivity index (χ4n) is 3.00. The van der Waals surface area contributed by atoms with Crippen molar-refractivity contribution >= 4 is 20.2 Å². The molecule has 2 aromatic carbocycles. The maximum atomic E-state index is 13.4. The van der Waals surface area contributed by atoms with Gasteiger partial charge in [0.15, 0.2) is 6.79 Å². The molecule has 0 amide bonds. The van der Waals surface area contributed by atoms with E-state index in [-0.39, 0.29) is 17.4 Å². The number of nitriles is 1. The van der Waals surface area contributed by atoms with Crippen molar-refractivity contribution in [3.63, 3.8) is 0 Å². The number of hydrogen-bond donors (Lipinski definition) is 1. The standard InChI is InChI=1S/C19H20FN3O3S/c1-25-12-26-15-8-9-18-16(10-15)17(11-21)19(27(2,3,22)24)23(18)14-6-4-13(20)5-7-14/h4-10H,12H2,1-3H3,(H2,22,24). The Morgan fingerprint density at radius 1 is 1.22 bits per heavy atom. The minimum Gasteiger partial charge on any atom is -0.468 e. The topological polar surface area (TPSA) is 90.3 Å². The van der Waals surface area contributed by atoms with Gasteiger partial charge in [0, 0.05) is 30.7 Å². The molecule has 8 heteroatoms. The fraction of sp³-hybridized carbons (Fsp3) is 0.211. The molecule has 0 bridgehead atoms. The Balaban J connectivity index is 2.41. The summed E-state index contributed by atoms with van der Waals surface area (Å²) in [4.78, 5) is 0. The number of benzene rings is 2. The number of fused-ring (bicyclic) bond motifs is 1. The quantitative estimate of drug-likeness (QED) is 0.680. The number of halogens is 1. The Morgan fingerprint density at radius 3 is 2.44 bits per heavy atom. The molecule has 1 heterocycles. The van der Waals surface area contributed by atoms with E-state index in [0.29, 0.717) is 22.3 Å². The van der Waals surface area contributed by atoms with Crippen molar-refractivity contribution in [3.8, 4) is 17.5 Å². The second-order valence-electron chi connectivity index (χ2n) is 6.75. The van der Waals surface area contributed by atoms with Gasteiger partial charge in [-0.3, -0.25) is 9.35 Å². The molecule has 0 aliphatic carbocycles. The van der Waals surface area contributed by atoms with Gasteiger partial charge in [0.05, 0.1) is 11.1 Å². The summed E-state index contributed by atoms with van der Waals surface area (Å²) in [5.41, 5.74) is 1.36. The second kappa shape index (κ2) is 6.46. The van der Waals surface area contributed by atoms with Crippen LogP contribution in [0.15, 0.2) is 47.5 Å². The Hall–Kier alpha value is -2.73. The lowest BCUT2D eigenvalue weighted by atomic mass is 10.2. The monoisotopic (exact) mass is 389 g/mol. The molecule has 3 aromatic rings. The van der Waals surface area contributed by atoms with E-state index in [2.05, 4.69) is 6.07 Å². The number of methoxy groups -OCH3 is 1. The van der Waals surface area contributed by atoms with E-state index in [0.717, 1.165) is 0 Å². The molecular formula is C19H20FN3O3S. The van der Waals surface area contributed by atoms with Crippen LogP contribution in [0.3, 0.4) is 0 Å². The second-order valence-corrected chi connectivity index (χ2v) is 11.0. The number of aromatic nitrogens is 1. The van der Waals surface area contributed by atoms with Gasteiger partial charge < -0.3 is 14.0 Å². The predicted octanol–water partition coefficient (Wildman–Crippen LogP) is 2.94. The molecule has 0 atom stereocenters. The molecule has 27 heavy (non-hydrogen) atoms. The first-order valence-corrected chi connectivity index (χ1v) is 10.9. The predicted molar refractivity (Wildman–Crippen MR) is 103 cm³/mol. The van der Waals surface area contributed by atoms with Crippen molar-refractivity contribution in [1.29, 1.82) is 5.26 Å². The molecule has 142 valence electrons. The summed E-state index contributed by atoms with van der Waals surface area (Å²) in [6, 6.07) is 12.9. The van der Waals surface area contributed by atoms with Crippen LogP contribution in [0.25, 0.3) is 16.6 Å². The van der Waals surface area contributed by atoms with Gasteiger partial charge in [0.1, 0.15) is 22.7 Å². The van der Waals surface area contributed by atoms with Gasteiger partial charge in [-0.25, -0.2) is 4.39 Å². The van der Waals surface area contributed by atoms with Crippen LogP contribution >= 0.6 is 0 Å². The van der Waals surface area contributed by atoms with Gasteiger partial charge in [0.2, 0.25) is 0 Å². The number of rotatable bonds is 5. The number of nitrogens with zero attached hydrogens (tertiary/aromatic N) is 2. The van der Waals surface area contributed by atoms with E-state index < -0.39 is 15.1 Å². The van der Waals surface area contributed by atoms with Gasteiger partial charge in [0.25, 0.3) is 0 Å². The van der Waals surface area contributed by atoms with Crippen molar-refractivity contribution in [2.75, 3.05) is 26.4 Å². The highest BCUT2D eigenvalue weighted by Gasteiger charge is 2.33. The molecule has 0 saturated heterocycles. The first-order valence-electron chi connectivity index (χ1n) is 8.01. The van der Waals surface area contributed by atoms with Gasteiger partial charge in [-0.1, -0.05) is 0 Å². The van der Waals surface area contributed by atoms with Gasteiger partial charge in [-0.15, -0.1) is 0 Å². The van der Waals surface area contributed by atoms with Crippen molar-refractivity contribution in [2.45, 2.75) is 5.03 Å². The third kappa shape index (κ3) is 3.57. The first kappa shape index (κ1) is 19.0. The molecule has 6 nitrogen and oxygen atoms in total. The minimum absolute atomic E-state index is 0.0526. The molecular weight excluding hydrogens is 369 g/mol. The molecule has 0 aliphatic rings. The molecule has 0 unspecified atom stereocenters. The maximum absolute atomic E-state index is 13.4. The summed E-state index contributed by atoms with van der Waals surface area (Å²) in [5.74, 6) is 0.0994. The Bertz CT molecular complexity index is 1110. The van der Waals surface area contributed by atoms with Crippen LogP contribution < -0.4 is 9.88 Å². The highest BCUT2D eigenvalue weighted by Crippen LogP contribution is 2.38. The normalized spacial score (nSPS) is 13.1. The molecule has 2 N–H and O–H groups in total. The average molecular weight is 389 g/mol. The third-order valence-electron chi connectivity index (χ3n) is 4.01. The average Bonchev–Trinajstić information content (AvgIpc) is 2.94. The molecule has 0 radical (unpaired) electrons. The van der Waals surface area contributed by atoms with Crippen molar-refractivity contribution in [2.24, 2.45) is 5.14 Å². The van der Waals surface area contributed by atoms with Crippen molar-refractivity contribution in [1.82, 2.24) is 4.57 Å². The van der Waals surface area contributed by atoms with Crippen molar-refractivity contribution < 1.29 is 18.1 Å². The van der Waals surface area contributed by atoms with Crippen LogP contribution in [0, 0.1) is 17.1 Å². The lowest BCUT2D eigenvalue weighted by Crippen LogP contribution is -2.42. The van der Waals surface area contributed by atoms with Crippen molar-refractivity contribution in [3.05, 3.63) is 53.8 Å². The summed E-state index contributed by atoms with van der Waals surface area (Å²) in [7, 11) is -2.33.